The molecule has 0 aliphatic heterocycles. The number of alkyl halides is 3. The van der Waals surface area contributed by atoms with Crippen LogP contribution in [0, 0.1) is 0 Å². The van der Waals surface area contributed by atoms with Crippen LogP contribution >= 0.6 is 0 Å². The Labute approximate surface area is 84.8 Å². The molecule has 0 aromatic rings. The molecule has 1 nitrogen and oxygen atoms in total. The van der Waals surface area contributed by atoms with Gasteiger partial charge in [-0.25, -0.2) is 0 Å². The minimum Gasteiger partial charge on any atom is -0.416 e. The van der Waals surface area contributed by atoms with Crippen molar-refractivity contribution < 1.29 is 17.6 Å². The predicted octanol–water partition coefficient (Wildman–Crippen LogP) is 3.96. The lowest BCUT2D eigenvalue weighted by Crippen LogP contribution is -2.41. The fourth-order valence-corrected chi connectivity index (χ4v) is 1.68. The van der Waals surface area contributed by atoms with Gasteiger partial charge >= 0.3 is 6.18 Å². The third kappa shape index (κ3) is 5.00. The van der Waals surface area contributed by atoms with Crippen LogP contribution in [0.25, 0.3) is 0 Å². The SMILES string of the molecule is CC(C)(C)[Si](C)(C)OCCC(F)(F)F. The average molecular weight is 228 g/mol. The Morgan fingerprint density at radius 1 is 1.07 bits per heavy atom. The molecule has 0 fully saturated rings. The molecule has 0 atom stereocenters. The molecule has 5 heteroatoms. The second-order valence-corrected chi connectivity index (χ2v) is 9.78. The van der Waals surface area contributed by atoms with Crippen LogP contribution in [0.1, 0.15) is 27.2 Å². The maximum Gasteiger partial charge on any atom is 0.391 e. The highest BCUT2D eigenvalue weighted by Gasteiger charge is 2.38. The van der Waals surface area contributed by atoms with Crippen molar-refractivity contribution in [1.29, 1.82) is 0 Å². The molecule has 0 amide bonds. The van der Waals surface area contributed by atoms with E-state index in [9.17, 15) is 13.2 Å². The molecule has 0 aliphatic rings. The van der Waals surface area contributed by atoms with Crippen LogP contribution in [-0.2, 0) is 4.43 Å². The maximum absolute atomic E-state index is 11.9. The van der Waals surface area contributed by atoms with E-state index in [1.807, 2.05) is 33.9 Å². The molecule has 0 rings (SSSR count). The molecule has 0 heterocycles. The smallest absolute Gasteiger partial charge is 0.391 e. The summed E-state index contributed by atoms with van der Waals surface area (Å²) in [5.41, 5.74) is 0. The van der Waals surface area contributed by atoms with Crippen molar-refractivity contribution in [3.8, 4) is 0 Å². The Kier molecular flexibility index (Phi) is 4.21. The molecule has 0 aromatic carbocycles. The van der Waals surface area contributed by atoms with Crippen LogP contribution in [0.3, 0.4) is 0 Å². The van der Waals surface area contributed by atoms with Crippen molar-refractivity contribution in [2.45, 2.75) is 51.5 Å². The molecule has 0 aromatic heterocycles. The van der Waals surface area contributed by atoms with E-state index in [0.29, 0.717) is 0 Å². The quantitative estimate of drug-likeness (QED) is 0.664. The van der Waals surface area contributed by atoms with Crippen LogP contribution in [0.2, 0.25) is 18.1 Å². The lowest BCUT2D eigenvalue weighted by atomic mass is 10.2. The first-order valence-electron chi connectivity index (χ1n) is 4.66. The monoisotopic (exact) mass is 228 g/mol. The number of halogens is 3. The zero-order valence-corrected chi connectivity index (χ0v) is 10.5. The molecule has 0 N–H and O–H groups in total. The normalized spacial score (nSPS) is 14.6. The fourth-order valence-electron chi connectivity index (χ4n) is 0.638. The largest absolute Gasteiger partial charge is 0.416 e. The average Bonchev–Trinajstić information content (AvgIpc) is 1.80. The van der Waals surface area contributed by atoms with E-state index in [0.717, 1.165) is 0 Å². The van der Waals surface area contributed by atoms with Gasteiger partial charge in [-0.3, -0.25) is 0 Å². The molecule has 0 unspecified atom stereocenters. The minimum atomic E-state index is -4.11. The number of hydrogen-bond donors (Lipinski definition) is 0. The van der Waals surface area contributed by atoms with Gasteiger partial charge < -0.3 is 4.43 Å². The number of rotatable bonds is 3. The zero-order chi connectivity index (χ0) is 11.6. The Hall–Kier alpha value is -0.0331. The van der Waals surface area contributed by atoms with E-state index in [1.165, 1.54) is 0 Å². The first kappa shape index (κ1) is 14.0. The lowest BCUT2D eigenvalue weighted by Gasteiger charge is -2.36. The van der Waals surface area contributed by atoms with Gasteiger partial charge in [0.15, 0.2) is 8.32 Å². The lowest BCUT2D eigenvalue weighted by molar-refractivity contribution is -0.140. The first-order valence-corrected chi connectivity index (χ1v) is 7.57. The number of hydrogen-bond acceptors (Lipinski definition) is 1. The van der Waals surface area contributed by atoms with Crippen molar-refractivity contribution >= 4 is 8.32 Å². The maximum atomic E-state index is 11.9. The van der Waals surface area contributed by atoms with Crippen LogP contribution in [0.5, 0.6) is 0 Å². The molecule has 0 saturated heterocycles. The van der Waals surface area contributed by atoms with Crippen molar-refractivity contribution in [3.05, 3.63) is 0 Å². The van der Waals surface area contributed by atoms with E-state index in [4.69, 9.17) is 4.43 Å². The molecular formula is C9H19F3OSi. The standard InChI is InChI=1S/C9H19F3OSi/c1-8(2,3)14(4,5)13-7-6-9(10,11)12/h6-7H2,1-5H3. The van der Waals surface area contributed by atoms with Crippen LogP contribution in [0.15, 0.2) is 0 Å². The molecule has 0 aliphatic carbocycles. The van der Waals surface area contributed by atoms with Gasteiger partial charge in [0.2, 0.25) is 0 Å². The topological polar surface area (TPSA) is 9.23 Å². The third-order valence-corrected chi connectivity index (χ3v) is 7.19. The van der Waals surface area contributed by atoms with Crippen LogP contribution < -0.4 is 0 Å². The van der Waals surface area contributed by atoms with Crippen molar-refractivity contribution in [3.63, 3.8) is 0 Å². The summed E-state index contributed by atoms with van der Waals surface area (Å²) >= 11 is 0. The fraction of sp³-hybridized carbons (Fsp3) is 1.00. The van der Waals surface area contributed by atoms with Gasteiger partial charge in [-0.15, -0.1) is 0 Å². The predicted molar refractivity (Wildman–Crippen MR) is 53.8 cm³/mol. The van der Waals surface area contributed by atoms with Crippen molar-refractivity contribution in [2.75, 3.05) is 6.61 Å². The summed E-state index contributed by atoms with van der Waals surface area (Å²) in [7, 11) is -2.00. The van der Waals surface area contributed by atoms with Gasteiger partial charge in [-0.1, -0.05) is 20.8 Å². The van der Waals surface area contributed by atoms with Crippen molar-refractivity contribution in [2.24, 2.45) is 0 Å². The Bertz CT molecular complexity index is 181. The van der Waals surface area contributed by atoms with Gasteiger partial charge in [-0.2, -0.15) is 13.2 Å². The van der Waals surface area contributed by atoms with E-state index in [-0.39, 0.29) is 11.6 Å². The summed E-state index contributed by atoms with van der Waals surface area (Å²) in [6.45, 7) is 9.71. The summed E-state index contributed by atoms with van der Waals surface area (Å²) < 4.78 is 41.0. The molecule has 86 valence electrons. The van der Waals surface area contributed by atoms with Crippen molar-refractivity contribution in [1.82, 2.24) is 0 Å². The Morgan fingerprint density at radius 2 is 1.50 bits per heavy atom. The Balaban J connectivity index is 4.02. The summed E-state index contributed by atoms with van der Waals surface area (Å²) in [5.74, 6) is 0. The van der Waals surface area contributed by atoms with E-state index < -0.39 is 20.9 Å². The summed E-state index contributed by atoms with van der Waals surface area (Å²) in [6, 6.07) is 0. The van der Waals surface area contributed by atoms with Crippen LogP contribution in [0.4, 0.5) is 13.2 Å². The summed E-state index contributed by atoms with van der Waals surface area (Å²) in [4.78, 5) is 0. The summed E-state index contributed by atoms with van der Waals surface area (Å²) in [6.07, 6.45) is -4.96. The Morgan fingerprint density at radius 3 is 1.79 bits per heavy atom. The first-order chi connectivity index (χ1) is 5.96. The highest BCUT2D eigenvalue weighted by atomic mass is 28.4. The van der Waals surface area contributed by atoms with E-state index in [2.05, 4.69) is 0 Å². The highest BCUT2D eigenvalue weighted by molar-refractivity contribution is 6.74. The summed E-state index contributed by atoms with van der Waals surface area (Å²) in [5, 5.41) is -0.0292. The van der Waals surface area contributed by atoms with E-state index >= 15 is 0 Å². The molecule has 0 bridgehead atoms. The molecule has 14 heavy (non-hydrogen) atoms. The van der Waals surface area contributed by atoms with Gasteiger partial charge in [0, 0.05) is 6.61 Å². The minimum absolute atomic E-state index is 0.0292. The van der Waals surface area contributed by atoms with Crippen LogP contribution in [-0.4, -0.2) is 21.1 Å². The van der Waals surface area contributed by atoms with Gasteiger partial charge in [0.1, 0.15) is 0 Å². The van der Waals surface area contributed by atoms with E-state index in [1.54, 1.807) is 0 Å². The molecule has 0 saturated carbocycles. The zero-order valence-electron chi connectivity index (χ0n) is 9.46. The second kappa shape index (κ2) is 4.22. The van der Waals surface area contributed by atoms with Gasteiger partial charge in [0.25, 0.3) is 0 Å². The molecular weight excluding hydrogens is 209 g/mol. The molecule has 0 spiro atoms. The third-order valence-electron chi connectivity index (χ3n) is 2.65. The second-order valence-electron chi connectivity index (χ2n) is 4.97. The molecule has 0 radical (unpaired) electrons. The van der Waals surface area contributed by atoms with Gasteiger partial charge in [0.05, 0.1) is 6.42 Å². The highest BCUT2D eigenvalue weighted by Crippen LogP contribution is 2.37. The van der Waals surface area contributed by atoms with Gasteiger partial charge in [-0.05, 0) is 18.1 Å².